The molecule has 0 amide bonds. The van der Waals surface area contributed by atoms with Crippen LogP contribution in [0.1, 0.15) is 20.3 Å². The quantitative estimate of drug-likeness (QED) is 0.490. The van der Waals surface area contributed by atoms with Crippen LogP contribution < -0.4 is 0 Å². The maximum Gasteiger partial charge on any atom is 0.197 e. The molecule has 0 aliphatic heterocycles. The van der Waals surface area contributed by atoms with Gasteiger partial charge in [0.1, 0.15) is 0 Å². The number of rotatable bonds is 2. The molecule has 0 saturated carbocycles. The molecule has 8 heavy (non-hydrogen) atoms. The molecule has 0 fully saturated rings. The molecule has 0 aliphatic rings. The van der Waals surface area contributed by atoms with Gasteiger partial charge >= 0.3 is 0 Å². The van der Waals surface area contributed by atoms with Gasteiger partial charge < -0.3 is 0 Å². The fraction of sp³-hybridized carbons (Fsp3) is 0.600. The van der Waals surface area contributed by atoms with Crippen LogP contribution in [0.2, 0.25) is 0 Å². The summed E-state index contributed by atoms with van der Waals surface area (Å²) in [5.41, 5.74) is 0. The van der Waals surface area contributed by atoms with Crippen LogP contribution in [0.25, 0.3) is 0 Å². The van der Waals surface area contributed by atoms with E-state index in [1.807, 2.05) is 0 Å². The average Bonchev–Trinajstić information content (AvgIpc) is 1.65. The van der Waals surface area contributed by atoms with Gasteiger partial charge in [-0.2, -0.15) is 0 Å². The predicted octanol–water partition coefficient (Wildman–Crippen LogP) is 0.552. The van der Waals surface area contributed by atoms with E-state index in [4.69, 9.17) is 0 Å². The summed E-state index contributed by atoms with van der Waals surface area (Å²) in [4.78, 5) is 20.2. The molecule has 0 heterocycles. The maximum absolute atomic E-state index is 10.2. The smallest absolute Gasteiger partial charge is 0.197 e. The minimum absolute atomic E-state index is 0. The van der Waals surface area contributed by atoms with Crippen LogP contribution in [-0.4, -0.2) is 11.6 Å². The summed E-state index contributed by atoms with van der Waals surface area (Å²) < 4.78 is 0. The number of ketones is 2. The zero-order valence-electron chi connectivity index (χ0n) is 4.83. The van der Waals surface area contributed by atoms with E-state index >= 15 is 0 Å². The van der Waals surface area contributed by atoms with Crippen molar-refractivity contribution in [1.82, 2.24) is 0 Å². The molecule has 2 nitrogen and oxygen atoms in total. The van der Waals surface area contributed by atoms with Crippen LogP contribution in [0.5, 0.6) is 0 Å². The Kier molecular flexibility index (Phi) is 7.15. The summed E-state index contributed by atoms with van der Waals surface area (Å²) in [7, 11) is 0. The molecule has 0 unspecified atom stereocenters. The standard InChI is InChI=1S/C5H8O2.Ag/c1-3-5(7)4(2)6;/h3H2,1-2H3;. The Bertz CT molecular complexity index is 98.6. The molecule has 0 aromatic rings. The van der Waals surface area contributed by atoms with Crippen LogP contribution >= 0.6 is 0 Å². The molecule has 0 aromatic heterocycles. The molecule has 51 valence electrons. The molecule has 3 heteroatoms. The van der Waals surface area contributed by atoms with Gasteiger partial charge in [-0.3, -0.25) is 9.59 Å². The Hall–Kier alpha value is 0.0803. The first-order valence-corrected chi connectivity index (χ1v) is 2.22. The van der Waals surface area contributed by atoms with Crippen molar-refractivity contribution in [1.29, 1.82) is 0 Å². The van der Waals surface area contributed by atoms with Crippen LogP contribution in [0.4, 0.5) is 0 Å². The van der Waals surface area contributed by atoms with Crippen molar-refractivity contribution in [3.8, 4) is 0 Å². The number of hydrogen-bond acceptors (Lipinski definition) is 2. The first-order chi connectivity index (χ1) is 3.18. The van der Waals surface area contributed by atoms with Gasteiger partial charge in [-0.05, 0) is 0 Å². The molecule has 0 bridgehead atoms. The Labute approximate surface area is 64.2 Å². The first kappa shape index (κ1) is 11.0. The Morgan fingerprint density at radius 2 is 1.75 bits per heavy atom. The third-order valence-electron chi connectivity index (χ3n) is 0.714. The van der Waals surface area contributed by atoms with Crippen molar-refractivity contribution in [3.63, 3.8) is 0 Å². The Morgan fingerprint density at radius 3 is 1.75 bits per heavy atom. The molecule has 0 N–H and O–H groups in total. The number of carbonyl (C=O) groups excluding carboxylic acids is 2. The molecule has 0 atom stereocenters. The second-order valence-corrected chi connectivity index (χ2v) is 1.33. The molecular formula is C5H8AgO2. The third kappa shape index (κ3) is 4.24. The van der Waals surface area contributed by atoms with Crippen molar-refractivity contribution >= 4 is 11.6 Å². The summed E-state index contributed by atoms with van der Waals surface area (Å²) in [6, 6.07) is 0. The fourth-order valence-corrected chi connectivity index (χ4v) is 0.249. The average molecular weight is 208 g/mol. The largest absolute Gasteiger partial charge is 0.291 e. The van der Waals surface area contributed by atoms with Gasteiger partial charge in [0.2, 0.25) is 0 Å². The second-order valence-electron chi connectivity index (χ2n) is 1.33. The number of hydrogen-bond donors (Lipinski definition) is 0. The van der Waals surface area contributed by atoms with Gasteiger partial charge in [0, 0.05) is 35.7 Å². The van der Waals surface area contributed by atoms with Crippen molar-refractivity contribution in [2.24, 2.45) is 0 Å². The van der Waals surface area contributed by atoms with Gasteiger partial charge in [0.15, 0.2) is 11.6 Å². The van der Waals surface area contributed by atoms with Gasteiger partial charge in [-0.15, -0.1) is 0 Å². The van der Waals surface area contributed by atoms with Gasteiger partial charge in [-0.25, -0.2) is 0 Å². The summed E-state index contributed by atoms with van der Waals surface area (Å²) in [6.07, 6.45) is 0.329. The van der Waals surface area contributed by atoms with E-state index in [2.05, 4.69) is 0 Å². The maximum atomic E-state index is 10.2. The normalized spacial score (nSPS) is 7.25. The Balaban J connectivity index is 0. The van der Waals surface area contributed by atoms with E-state index in [0.717, 1.165) is 0 Å². The van der Waals surface area contributed by atoms with E-state index in [1.165, 1.54) is 6.92 Å². The monoisotopic (exact) mass is 207 g/mol. The zero-order valence-corrected chi connectivity index (χ0v) is 6.31. The number of carbonyl (C=O) groups is 2. The SMILES string of the molecule is CCC(=O)C(C)=O.[Ag]. The first-order valence-electron chi connectivity index (χ1n) is 2.22. The Morgan fingerprint density at radius 1 is 1.38 bits per heavy atom. The topological polar surface area (TPSA) is 34.1 Å². The molecule has 0 aromatic carbocycles. The van der Waals surface area contributed by atoms with Crippen molar-refractivity contribution in [2.75, 3.05) is 0 Å². The minimum Gasteiger partial charge on any atom is -0.291 e. The van der Waals surface area contributed by atoms with E-state index in [0.29, 0.717) is 6.42 Å². The van der Waals surface area contributed by atoms with E-state index in [1.54, 1.807) is 6.92 Å². The molecule has 0 aliphatic carbocycles. The van der Waals surface area contributed by atoms with Crippen molar-refractivity contribution in [3.05, 3.63) is 0 Å². The summed E-state index contributed by atoms with van der Waals surface area (Å²) in [5, 5.41) is 0. The molecule has 1 radical (unpaired) electrons. The fourth-order valence-electron chi connectivity index (χ4n) is 0.249. The summed E-state index contributed by atoms with van der Waals surface area (Å²) in [5.74, 6) is -0.637. The van der Waals surface area contributed by atoms with Crippen LogP contribution in [0, 0.1) is 0 Å². The molecular weight excluding hydrogens is 200 g/mol. The van der Waals surface area contributed by atoms with Crippen molar-refractivity contribution < 1.29 is 32.0 Å². The van der Waals surface area contributed by atoms with Crippen LogP contribution in [0.3, 0.4) is 0 Å². The molecule has 0 spiro atoms. The number of Topliss-reactive ketones (excluding diaryl/α,β-unsaturated/α-hetero) is 2. The minimum atomic E-state index is -0.345. The summed E-state index contributed by atoms with van der Waals surface area (Å²) in [6.45, 7) is 2.95. The van der Waals surface area contributed by atoms with Gasteiger partial charge in [0.25, 0.3) is 0 Å². The summed E-state index contributed by atoms with van der Waals surface area (Å²) >= 11 is 0. The van der Waals surface area contributed by atoms with Gasteiger partial charge in [-0.1, -0.05) is 6.92 Å². The predicted molar refractivity (Wildman–Crippen MR) is 26.0 cm³/mol. The molecule has 0 rings (SSSR count). The van der Waals surface area contributed by atoms with Crippen LogP contribution in [-0.2, 0) is 32.0 Å². The third-order valence-corrected chi connectivity index (χ3v) is 0.714. The van der Waals surface area contributed by atoms with Crippen molar-refractivity contribution in [2.45, 2.75) is 20.3 Å². The van der Waals surface area contributed by atoms with E-state index in [9.17, 15) is 9.59 Å². The zero-order chi connectivity index (χ0) is 5.86. The molecule has 0 saturated heterocycles. The second kappa shape index (κ2) is 5.22. The van der Waals surface area contributed by atoms with E-state index < -0.39 is 0 Å². The van der Waals surface area contributed by atoms with Gasteiger partial charge in [0.05, 0.1) is 0 Å². The van der Waals surface area contributed by atoms with Crippen LogP contribution in [0.15, 0.2) is 0 Å². The van der Waals surface area contributed by atoms with E-state index in [-0.39, 0.29) is 33.9 Å².